The molecular formula is C35H42Cl2FN3O6S. The van der Waals surface area contributed by atoms with Gasteiger partial charge in [-0.1, -0.05) is 69.6 Å². The molecule has 0 unspecified atom stereocenters. The second-order valence-corrected chi connectivity index (χ2v) is 16.4. The zero-order valence-corrected chi connectivity index (χ0v) is 29.1. The molecular weight excluding hydrogens is 680 g/mol. The molecule has 0 saturated carbocycles. The quantitative estimate of drug-likeness (QED) is 0.193. The predicted molar refractivity (Wildman–Crippen MR) is 189 cm³/mol. The SMILES string of the molecule is C.COc1cc(OCCCS(C)(=O)=O)ccc1NC(=O)[C@@H]1N[C@@H](CC(C)(C)C)[C@@]2(C(=O)Nc3cc(Cl)ccc32)[C@H]1c1cccc(Cl)c1F. The van der Waals surface area contributed by atoms with Gasteiger partial charge in [0, 0.05) is 35.0 Å². The number of sulfone groups is 1. The Morgan fingerprint density at radius 3 is 2.50 bits per heavy atom. The van der Waals surface area contributed by atoms with Crippen LogP contribution in [0.1, 0.15) is 58.1 Å². The van der Waals surface area contributed by atoms with Crippen LogP contribution in [0.4, 0.5) is 15.8 Å². The van der Waals surface area contributed by atoms with Crippen LogP contribution < -0.4 is 25.4 Å². The second-order valence-electron chi connectivity index (χ2n) is 13.3. The first-order chi connectivity index (χ1) is 22.0. The summed E-state index contributed by atoms with van der Waals surface area (Å²) in [5, 5.41) is 9.63. The van der Waals surface area contributed by atoms with Crippen molar-refractivity contribution < 1.29 is 31.9 Å². The zero-order chi connectivity index (χ0) is 34.3. The van der Waals surface area contributed by atoms with Crippen molar-refractivity contribution in [1.29, 1.82) is 0 Å². The van der Waals surface area contributed by atoms with E-state index in [2.05, 4.69) is 16.0 Å². The number of hydrogen-bond acceptors (Lipinski definition) is 7. The number of benzene rings is 3. The van der Waals surface area contributed by atoms with Crippen molar-refractivity contribution in [2.24, 2.45) is 5.41 Å². The number of rotatable bonds is 10. The number of amides is 2. The Balaban J connectivity index is 0.00000520. The van der Waals surface area contributed by atoms with Gasteiger partial charge < -0.3 is 25.4 Å². The lowest BCUT2D eigenvalue weighted by atomic mass is 9.62. The van der Waals surface area contributed by atoms with Crippen LogP contribution in [-0.2, 0) is 24.8 Å². The molecule has 4 atom stereocenters. The highest BCUT2D eigenvalue weighted by Crippen LogP contribution is 2.57. The molecule has 2 aliphatic heterocycles. The normalized spacial score (nSPS) is 21.8. The third-order valence-corrected chi connectivity index (χ3v) is 10.1. The van der Waals surface area contributed by atoms with E-state index in [0.717, 1.165) is 0 Å². The highest BCUT2D eigenvalue weighted by molar-refractivity contribution is 7.90. The summed E-state index contributed by atoms with van der Waals surface area (Å²) >= 11 is 12.6. The molecule has 1 saturated heterocycles. The van der Waals surface area contributed by atoms with Crippen molar-refractivity contribution >= 4 is 56.2 Å². The van der Waals surface area contributed by atoms with E-state index in [-0.39, 0.29) is 41.7 Å². The molecule has 2 amide bonds. The van der Waals surface area contributed by atoms with Crippen LogP contribution in [0.3, 0.4) is 0 Å². The molecule has 5 rings (SSSR count). The summed E-state index contributed by atoms with van der Waals surface area (Å²) < 4.78 is 50.1. The van der Waals surface area contributed by atoms with Crippen molar-refractivity contribution in [3.05, 3.63) is 81.6 Å². The van der Waals surface area contributed by atoms with E-state index in [4.69, 9.17) is 32.7 Å². The molecule has 9 nitrogen and oxygen atoms in total. The number of halogens is 3. The molecule has 0 aliphatic carbocycles. The molecule has 2 heterocycles. The highest BCUT2D eigenvalue weighted by Gasteiger charge is 2.66. The first-order valence-electron chi connectivity index (χ1n) is 15.2. The number of nitrogens with one attached hydrogen (secondary N) is 3. The molecule has 0 bridgehead atoms. The first kappa shape index (κ1) is 37.4. The maximum absolute atomic E-state index is 16.0. The van der Waals surface area contributed by atoms with Gasteiger partial charge in [-0.15, -0.1) is 0 Å². The molecule has 260 valence electrons. The molecule has 3 aromatic rings. The third kappa shape index (κ3) is 7.44. The lowest BCUT2D eigenvalue weighted by Gasteiger charge is -2.37. The molecule has 48 heavy (non-hydrogen) atoms. The monoisotopic (exact) mass is 721 g/mol. The fraction of sp³-hybridized carbons (Fsp3) is 0.429. The van der Waals surface area contributed by atoms with Crippen molar-refractivity contribution in [3.63, 3.8) is 0 Å². The van der Waals surface area contributed by atoms with Gasteiger partial charge in [-0.25, -0.2) is 12.8 Å². The van der Waals surface area contributed by atoms with Crippen LogP contribution in [-0.4, -0.2) is 58.0 Å². The van der Waals surface area contributed by atoms with Crippen LogP contribution in [0.25, 0.3) is 0 Å². The first-order valence-corrected chi connectivity index (χ1v) is 18.0. The van der Waals surface area contributed by atoms with E-state index in [1.807, 2.05) is 20.8 Å². The summed E-state index contributed by atoms with van der Waals surface area (Å²) in [6.45, 7) is 6.29. The Morgan fingerprint density at radius 2 is 1.83 bits per heavy atom. The largest absolute Gasteiger partial charge is 0.494 e. The molecule has 1 fully saturated rings. The maximum Gasteiger partial charge on any atom is 0.242 e. The number of carbonyl (C=O) groups is 2. The molecule has 1 spiro atoms. The van der Waals surface area contributed by atoms with E-state index >= 15 is 4.39 Å². The van der Waals surface area contributed by atoms with Crippen molar-refractivity contribution in [3.8, 4) is 11.5 Å². The number of methoxy groups -OCH3 is 1. The summed E-state index contributed by atoms with van der Waals surface area (Å²) in [7, 11) is -1.67. The average Bonchev–Trinajstić information content (AvgIpc) is 3.45. The van der Waals surface area contributed by atoms with E-state index in [0.29, 0.717) is 46.3 Å². The summed E-state index contributed by atoms with van der Waals surface area (Å²) in [4.78, 5) is 28.7. The van der Waals surface area contributed by atoms with Crippen LogP contribution in [0.5, 0.6) is 11.5 Å². The van der Waals surface area contributed by atoms with Crippen LogP contribution >= 0.6 is 23.2 Å². The fourth-order valence-corrected chi connectivity index (χ4v) is 7.73. The van der Waals surface area contributed by atoms with Crippen molar-refractivity contribution in [1.82, 2.24) is 5.32 Å². The van der Waals surface area contributed by atoms with Crippen LogP contribution in [0, 0.1) is 11.2 Å². The lowest BCUT2D eigenvalue weighted by molar-refractivity contribution is -0.122. The third-order valence-electron chi connectivity index (χ3n) is 8.58. The van der Waals surface area contributed by atoms with E-state index in [1.165, 1.54) is 19.4 Å². The van der Waals surface area contributed by atoms with Gasteiger partial charge >= 0.3 is 0 Å². The summed E-state index contributed by atoms with van der Waals surface area (Å²) in [6, 6.07) is 12.8. The minimum absolute atomic E-state index is 0. The Morgan fingerprint density at radius 1 is 1.10 bits per heavy atom. The summed E-state index contributed by atoms with van der Waals surface area (Å²) in [6.07, 6.45) is 1.95. The van der Waals surface area contributed by atoms with Crippen LogP contribution in [0.2, 0.25) is 10.0 Å². The fourth-order valence-electron chi connectivity index (χ4n) is 6.74. The van der Waals surface area contributed by atoms with Gasteiger partial charge in [0.2, 0.25) is 11.8 Å². The zero-order valence-electron chi connectivity index (χ0n) is 26.7. The van der Waals surface area contributed by atoms with E-state index in [1.54, 1.807) is 48.5 Å². The van der Waals surface area contributed by atoms with Crippen molar-refractivity contribution in [2.45, 2.75) is 64.5 Å². The number of fused-ring (bicyclic) bond motifs is 2. The molecule has 3 aromatic carbocycles. The average molecular weight is 723 g/mol. The standard InChI is InChI=1S/C34H38Cl2FN3O6S.CH4/c1-33(2,3)18-27-34(22-12-10-19(35)16-25(22)39-32(34)42)28(21-8-6-9-23(36)29(21)37)30(40-27)31(41)38-24-13-11-20(17-26(24)45-4)46-14-7-15-47(5,43)44;/h6,8-13,16-17,27-28,30,40H,7,14-15,18H2,1-5H3,(H,38,41)(H,39,42);1H4/t27-,28-,30+,34+;/m0./s1. The predicted octanol–water partition coefficient (Wildman–Crippen LogP) is 6.98. The highest BCUT2D eigenvalue weighted by atomic mass is 35.5. The van der Waals surface area contributed by atoms with Crippen LogP contribution in [0.15, 0.2) is 54.6 Å². The van der Waals surface area contributed by atoms with E-state index in [9.17, 15) is 18.0 Å². The molecule has 0 radical (unpaired) electrons. The summed E-state index contributed by atoms with van der Waals surface area (Å²) in [5.41, 5.74) is -0.111. The van der Waals surface area contributed by atoms with Gasteiger partial charge in [-0.2, -0.15) is 0 Å². The minimum Gasteiger partial charge on any atom is -0.494 e. The van der Waals surface area contributed by atoms with Gasteiger partial charge in [0.15, 0.2) is 0 Å². The molecule has 2 aliphatic rings. The molecule has 0 aromatic heterocycles. The lowest BCUT2D eigenvalue weighted by Crippen LogP contribution is -2.49. The number of ether oxygens (including phenoxy) is 2. The molecule has 3 N–H and O–H groups in total. The maximum atomic E-state index is 16.0. The van der Waals surface area contributed by atoms with Gasteiger partial charge in [-0.3, -0.25) is 9.59 Å². The second kappa shape index (κ2) is 14.2. The van der Waals surface area contributed by atoms with Crippen molar-refractivity contribution in [2.75, 3.05) is 36.4 Å². The molecule has 13 heteroatoms. The smallest absolute Gasteiger partial charge is 0.242 e. The minimum atomic E-state index is -3.11. The van der Waals surface area contributed by atoms with Gasteiger partial charge in [0.25, 0.3) is 0 Å². The van der Waals surface area contributed by atoms with E-state index < -0.39 is 45.0 Å². The topological polar surface area (TPSA) is 123 Å². The van der Waals surface area contributed by atoms with Gasteiger partial charge in [0.05, 0.1) is 36.2 Å². The van der Waals surface area contributed by atoms with Gasteiger partial charge in [-0.05, 0) is 59.7 Å². The Labute approximate surface area is 291 Å². The summed E-state index contributed by atoms with van der Waals surface area (Å²) in [5.74, 6) is -1.89. The Bertz CT molecular complexity index is 1820. The Kier molecular flexibility index (Phi) is 11.1. The van der Waals surface area contributed by atoms with Gasteiger partial charge in [0.1, 0.15) is 32.6 Å². The number of carbonyl (C=O) groups excluding carboxylic acids is 2. The Hall–Kier alpha value is -3.38. The number of anilines is 2. The number of hydrogen-bond donors (Lipinski definition) is 3.